The lowest BCUT2D eigenvalue weighted by Crippen LogP contribution is -1.97. The summed E-state index contributed by atoms with van der Waals surface area (Å²) in [4.78, 5) is 4.39. The highest BCUT2D eigenvalue weighted by atomic mass is 35.5. The van der Waals surface area contributed by atoms with Crippen LogP contribution in [0.25, 0.3) is 10.8 Å². The van der Waals surface area contributed by atoms with E-state index in [0.29, 0.717) is 10.0 Å². The minimum Gasteiger partial charge on any atom is -0.398 e. The Kier molecular flexibility index (Phi) is 3.62. The van der Waals surface area contributed by atoms with E-state index in [4.69, 9.17) is 28.9 Å². The normalized spacial score (nSPS) is 10.8. The van der Waals surface area contributed by atoms with Crippen LogP contribution in [0.3, 0.4) is 0 Å². The first-order valence-corrected chi connectivity index (χ1v) is 7.16. The van der Waals surface area contributed by atoms with E-state index >= 15 is 0 Å². The summed E-state index contributed by atoms with van der Waals surface area (Å²) in [6.45, 7) is 2.00. The van der Waals surface area contributed by atoms with Crippen LogP contribution in [0.2, 0.25) is 10.0 Å². The molecule has 3 N–H and O–H groups in total. The Bertz CT molecular complexity index is 811. The number of nitrogens with zero attached hydrogens (tertiary/aromatic N) is 1. The van der Waals surface area contributed by atoms with Crippen molar-refractivity contribution in [3.63, 3.8) is 0 Å². The zero-order valence-electron chi connectivity index (χ0n) is 11.3. The van der Waals surface area contributed by atoms with Crippen LogP contribution in [0.15, 0.2) is 42.6 Å². The van der Waals surface area contributed by atoms with Gasteiger partial charge >= 0.3 is 0 Å². The van der Waals surface area contributed by atoms with E-state index < -0.39 is 0 Å². The number of hydrogen-bond donors (Lipinski definition) is 2. The third-order valence-corrected chi connectivity index (χ3v) is 3.62. The van der Waals surface area contributed by atoms with Gasteiger partial charge in [0.25, 0.3) is 0 Å². The second-order valence-electron chi connectivity index (χ2n) is 4.89. The van der Waals surface area contributed by atoms with Crippen LogP contribution in [0.5, 0.6) is 0 Å². The molecule has 21 heavy (non-hydrogen) atoms. The zero-order chi connectivity index (χ0) is 15.0. The van der Waals surface area contributed by atoms with Crippen LogP contribution >= 0.6 is 23.2 Å². The number of anilines is 3. The van der Waals surface area contributed by atoms with Crippen molar-refractivity contribution < 1.29 is 0 Å². The number of halogens is 2. The molecule has 0 saturated heterocycles. The SMILES string of the molecule is Cc1cc(N)c2ccnc(Nc3cc(Cl)cc(Cl)c3)c2c1. The summed E-state index contributed by atoms with van der Waals surface area (Å²) in [7, 11) is 0. The molecule has 0 bridgehead atoms. The molecule has 1 heterocycles. The number of benzene rings is 2. The minimum atomic E-state index is 0.570. The smallest absolute Gasteiger partial charge is 0.138 e. The van der Waals surface area contributed by atoms with Crippen molar-refractivity contribution >= 4 is 51.2 Å². The number of rotatable bonds is 2. The number of nitrogens with one attached hydrogen (secondary N) is 1. The average molecular weight is 318 g/mol. The summed E-state index contributed by atoms with van der Waals surface area (Å²) in [6.07, 6.45) is 1.72. The molecule has 1 aromatic heterocycles. The molecule has 0 amide bonds. The molecule has 0 fully saturated rings. The predicted molar refractivity (Wildman–Crippen MR) is 90.6 cm³/mol. The third kappa shape index (κ3) is 2.89. The first-order valence-electron chi connectivity index (χ1n) is 6.41. The van der Waals surface area contributed by atoms with Gasteiger partial charge in [-0.3, -0.25) is 0 Å². The van der Waals surface area contributed by atoms with Crippen LogP contribution in [0, 0.1) is 6.92 Å². The topological polar surface area (TPSA) is 50.9 Å². The molecular weight excluding hydrogens is 305 g/mol. The van der Waals surface area contributed by atoms with Gasteiger partial charge in [0.15, 0.2) is 0 Å². The fraction of sp³-hybridized carbons (Fsp3) is 0.0625. The van der Waals surface area contributed by atoms with Gasteiger partial charge < -0.3 is 11.1 Å². The van der Waals surface area contributed by atoms with Gasteiger partial charge in [-0.2, -0.15) is 0 Å². The van der Waals surface area contributed by atoms with E-state index in [-0.39, 0.29) is 0 Å². The Balaban J connectivity index is 2.12. The number of nitrogens with two attached hydrogens (primary N) is 1. The lowest BCUT2D eigenvalue weighted by molar-refractivity contribution is 1.33. The molecular formula is C16H13Cl2N3. The highest BCUT2D eigenvalue weighted by Gasteiger charge is 2.07. The van der Waals surface area contributed by atoms with Crippen LogP contribution in [0.4, 0.5) is 17.2 Å². The number of fused-ring (bicyclic) bond motifs is 1. The van der Waals surface area contributed by atoms with Crippen LogP contribution < -0.4 is 11.1 Å². The minimum absolute atomic E-state index is 0.570. The van der Waals surface area contributed by atoms with Crippen LogP contribution in [-0.2, 0) is 0 Å². The molecule has 0 spiro atoms. The lowest BCUT2D eigenvalue weighted by atomic mass is 10.1. The second kappa shape index (κ2) is 5.43. The molecule has 2 aromatic carbocycles. The van der Waals surface area contributed by atoms with E-state index in [1.165, 1.54) is 0 Å². The summed E-state index contributed by atoms with van der Waals surface area (Å²) in [6, 6.07) is 11.2. The summed E-state index contributed by atoms with van der Waals surface area (Å²) in [5, 5.41) is 6.32. The Labute approximate surface area is 132 Å². The Hall–Kier alpha value is -1.97. The fourth-order valence-corrected chi connectivity index (χ4v) is 2.85. The monoisotopic (exact) mass is 317 g/mol. The average Bonchev–Trinajstić information content (AvgIpc) is 2.38. The molecule has 0 aliphatic carbocycles. The van der Waals surface area contributed by atoms with E-state index in [2.05, 4.69) is 10.3 Å². The number of pyridine rings is 1. The maximum absolute atomic E-state index is 6.07. The maximum Gasteiger partial charge on any atom is 0.138 e. The fourth-order valence-electron chi connectivity index (χ4n) is 2.33. The predicted octanol–water partition coefficient (Wildman–Crippen LogP) is 5.18. The first kappa shape index (κ1) is 14.0. The first-order chi connectivity index (χ1) is 10.0. The quantitative estimate of drug-likeness (QED) is 0.640. The summed E-state index contributed by atoms with van der Waals surface area (Å²) in [5.41, 5.74) is 8.67. The van der Waals surface area contributed by atoms with E-state index in [1.54, 1.807) is 24.4 Å². The van der Waals surface area contributed by atoms with Crippen molar-refractivity contribution in [2.24, 2.45) is 0 Å². The van der Waals surface area contributed by atoms with Crippen molar-refractivity contribution in [3.05, 3.63) is 58.2 Å². The number of hydrogen-bond acceptors (Lipinski definition) is 3. The molecule has 3 nitrogen and oxygen atoms in total. The third-order valence-electron chi connectivity index (χ3n) is 3.18. The van der Waals surface area contributed by atoms with Gasteiger partial charge in [-0.05, 0) is 48.9 Å². The molecule has 3 rings (SSSR count). The van der Waals surface area contributed by atoms with Crippen LogP contribution in [0.1, 0.15) is 5.56 Å². The van der Waals surface area contributed by atoms with Crippen molar-refractivity contribution in [3.8, 4) is 0 Å². The molecule has 0 saturated carbocycles. The molecule has 0 unspecified atom stereocenters. The largest absolute Gasteiger partial charge is 0.398 e. The Morgan fingerprint density at radius 1 is 1.00 bits per heavy atom. The highest BCUT2D eigenvalue weighted by Crippen LogP contribution is 2.31. The molecule has 0 atom stereocenters. The molecule has 0 aliphatic heterocycles. The number of nitrogen functional groups attached to an aromatic ring is 1. The second-order valence-corrected chi connectivity index (χ2v) is 5.76. The molecule has 106 valence electrons. The van der Waals surface area contributed by atoms with Crippen molar-refractivity contribution in [2.75, 3.05) is 11.1 Å². The van der Waals surface area contributed by atoms with Gasteiger partial charge in [-0.15, -0.1) is 0 Å². The van der Waals surface area contributed by atoms with Gasteiger partial charge in [0.05, 0.1) is 0 Å². The number of aryl methyl sites for hydroxylation is 1. The van der Waals surface area contributed by atoms with Crippen molar-refractivity contribution in [2.45, 2.75) is 6.92 Å². The standard InChI is InChI=1S/C16H13Cl2N3/c1-9-4-14-13(15(19)5-9)2-3-20-16(14)21-12-7-10(17)6-11(18)8-12/h2-8H,19H2,1H3,(H,20,21). The zero-order valence-corrected chi connectivity index (χ0v) is 12.8. The Morgan fingerprint density at radius 3 is 2.43 bits per heavy atom. The Morgan fingerprint density at radius 2 is 1.71 bits per heavy atom. The molecule has 0 radical (unpaired) electrons. The van der Waals surface area contributed by atoms with Crippen molar-refractivity contribution in [1.29, 1.82) is 0 Å². The van der Waals surface area contributed by atoms with Gasteiger partial charge in [-0.25, -0.2) is 4.98 Å². The van der Waals surface area contributed by atoms with Crippen molar-refractivity contribution in [1.82, 2.24) is 4.98 Å². The summed E-state index contributed by atoms with van der Waals surface area (Å²) < 4.78 is 0. The maximum atomic E-state index is 6.07. The summed E-state index contributed by atoms with van der Waals surface area (Å²) in [5.74, 6) is 0.723. The van der Waals surface area contributed by atoms with Crippen LogP contribution in [-0.4, -0.2) is 4.98 Å². The highest BCUT2D eigenvalue weighted by molar-refractivity contribution is 6.35. The van der Waals surface area contributed by atoms with E-state index in [9.17, 15) is 0 Å². The lowest BCUT2D eigenvalue weighted by Gasteiger charge is -2.11. The molecule has 0 aliphatic rings. The van der Waals surface area contributed by atoms with E-state index in [0.717, 1.165) is 33.5 Å². The van der Waals surface area contributed by atoms with E-state index in [1.807, 2.05) is 25.1 Å². The van der Waals surface area contributed by atoms with Gasteiger partial charge in [-0.1, -0.05) is 23.2 Å². The number of aromatic nitrogens is 1. The molecule has 5 heteroatoms. The summed E-state index contributed by atoms with van der Waals surface area (Å²) >= 11 is 12.0. The van der Waals surface area contributed by atoms with Gasteiger partial charge in [0.1, 0.15) is 5.82 Å². The molecule has 3 aromatic rings. The van der Waals surface area contributed by atoms with Gasteiger partial charge in [0.2, 0.25) is 0 Å². The van der Waals surface area contributed by atoms with Gasteiger partial charge in [0, 0.05) is 38.4 Å².